The lowest BCUT2D eigenvalue weighted by molar-refractivity contribution is -0.138. The molecule has 2 rings (SSSR count). The summed E-state index contributed by atoms with van der Waals surface area (Å²) in [6.45, 7) is 1.94. The quantitative estimate of drug-likeness (QED) is 0.910. The number of carbonyl (C=O) groups is 1. The van der Waals surface area contributed by atoms with E-state index in [4.69, 9.17) is 0 Å². The van der Waals surface area contributed by atoms with E-state index >= 15 is 0 Å². The third kappa shape index (κ3) is 3.38. The summed E-state index contributed by atoms with van der Waals surface area (Å²) in [4.78, 5) is 19.5. The molecule has 1 unspecified atom stereocenters. The van der Waals surface area contributed by atoms with Crippen molar-refractivity contribution in [3.63, 3.8) is 0 Å². The van der Waals surface area contributed by atoms with Crippen LogP contribution in [0.4, 0.5) is 4.39 Å². The van der Waals surface area contributed by atoms with Crippen molar-refractivity contribution in [1.82, 2.24) is 9.97 Å². The maximum Gasteiger partial charge on any atom is 0.312 e. The van der Waals surface area contributed by atoms with Crippen LogP contribution in [0, 0.1) is 5.82 Å². The van der Waals surface area contributed by atoms with Crippen LogP contribution in [-0.2, 0) is 17.6 Å². The van der Waals surface area contributed by atoms with Crippen LogP contribution in [0.5, 0.6) is 0 Å². The first-order valence-corrected chi connectivity index (χ1v) is 6.38. The first-order chi connectivity index (χ1) is 9.60. The van der Waals surface area contributed by atoms with Crippen LogP contribution in [0.2, 0.25) is 0 Å². The van der Waals surface area contributed by atoms with E-state index in [9.17, 15) is 14.3 Å². The molecule has 0 fully saturated rings. The summed E-state index contributed by atoms with van der Waals surface area (Å²) in [6.07, 6.45) is 2.28. The van der Waals surface area contributed by atoms with Crippen molar-refractivity contribution in [3.8, 4) is 0 Å². The molecule has 1 aromatic carbocycles. The monoisotopic (exact) mass is 274 g/mol. The second kappa shape index (κ2) is 6.23. The van der Waals surface area contributed by atoms with Gasteiger partial charge in [-0.1, -0.05) is 19.1 Å². The van der Waals surface area contributed by atoms with Gasteiger partial charge in [0.1, 0.15) is 18.1 Å². The van der Waals surface area contributed by atoms with Gasteiger partial charge in [0, 0.05) is 5.69 Å². The Morgan fingerprint density at radius 1 is 1.35 bits per heavy atom. The average Bonchev–Trinajstić information content (AvgIpc) is 2.44. The lowest BCUT2D eigenvalue weighted by Gasteiger charge is -2.12. The van der Waals surface area contributed by atoms with E-state index in [0.29, 0.717) is 17.7 Å². The first kappa shape index (κ1) is 14.1. The van der Waals surface area contributed by atoms with E-state index in [2.05, 4.69) is 9.97 Å². The van der Waals surface area contributed by atoms with Gasteiger partial charge in [-0.3, -0.25) is 4.79 Å². The molecule has 0 aliphatic carbocycles. The van der Waals surface area contributed by atoms with Gasteiger partial charge in [0.2, 0.25) is 0 Å². The van der Waals surface area contributed by atoms with E-state index in [1.807, 2.05) is 6.92 Å². The minimum atomic E-state index is -0.977. The predicted octanol–water partition coefficient (Wildman–Crippen LogP) is 2.59. The number of nitrogens with zero attached hydrogens (tertiary/aromatic N) is 2. The van der Waals surface area contributed by atoms with Gasteiger partial charge in [0.15, 0.2) is 0 Å². The number of aromatic nitrogens is 2. The van der Waals surface area contributed by atoms with Crippen molar-refractivity contribution in [3.05, 3.63) is 59.4 Å². The molecule has 0 aliphatic rings. The minimum Gasteiger partial charge on any atom is -0.481 e. The van der Waals surface area contributed by atoms with Crippen molar-refractivity contribution in [2.45, 2.75) is 25.7 Å². The summed E-state index contributed by atoms with van der Waals surface area (Å²) in [5, 5.41) is 9.37. The van der Waals surface area contributed by atoms with E-state index < -0.39 is 11.9 Å². The molecule has 0 saturated heterocycles. The van der Waals surface area contributed by atoms with Crippen molar-refractivity contribution in [2.75, 3.05) is 0 Å². The Bertz CT molecular complexity index is 616. The standard InChI is InChI=1S/C15H15FN2O2/c1-2-12-8-14(18-9-17-12)13(15(19)20)7-10-4-3-5-11(16)6-10/h3-6,8-9,13H,2,7H2,1H3,(H,19,20). The number of carboxylic acid groups (broad SMARTS) is 1. The normalized spacial score (nSPS) is 12.1. The molecule has 0 spiro atoms. The predicted molar refractivity (Wildman–Crippen MR) is 71.9 cm³/mol. The highest BCUT2D eigenvalue weighted by atomic mass is 19.1. The molecule has 1 N–H and O–H groups in total. The molecule has 104 valence electrons. The molecule has 0 saturated carbocycles. The second-order valence-corrected chi connectivity index (χ2v) is 4.51. The number of hydrogen-bond donors (Lipinski definition) is 1. The number of carboxylic acids is 1. The molecule has 1 aromatic heterocycles. The molecular formula is C15H15FN2O2. The molecule has 5 heteroatoms. The van der Waals surface area contributed by atoms with Gasteiger partial charge in [0.25, 0.3) is 0 Å². The number of rotatable bonds is 5. The number of halogens is 1. The Morgan fingerprint density at radius 2 is 2.15 bits per heavy atom. The van der Waals surface area contributed by atoms with Crippen LogP contribution < -0.4 is 0 Å². The maximum atomic E-state index is 13.2. The topological polar surface area (TPSA) is 63.1 Å². The summed E-state index contributed by atoms with van der Waals surface area (Å²) < 4.78 is 13.2. The lowest BCUT2D eigenvalue weighted by Crippen LogP contribution is -2.16. The van der Waals surface area contributed by atoms with Gasteiger partial charge in [0.05, 0.1) is 5.69 Å². The number of benzene rings is 1. The van der Waals surface area contributed by atoms with Crippen LogP contribution in [0.15, 0.2) is 36.7 Å². The largest absolute Gasteiger partial charge is 0.481 e. The number of hydrogen-bond acceptors (Lipinski definition) is 3. The molecule has 0 radical (unpaired) electrons. The molecule has 1 atom stereocenters. The number of aryl methyl sites for hydroxylation is 1. The van der Waals surface area contributed by atoms with Crippen LogP contribution in [-0.4, -0.2) is 21.0 Å². The molecule has 0 aliphatic heterocycles. The van der Waals surface area contributed by atoms with Gasteiger partial charge >= 0.3 is 5.97 Å². The van der Waals surface area contributed by atoms with Gasteiger partial charge in [-0.15, -0.1) is 0 Å². The highest BCUT2D eigenvalue weighted by Gasteiger charge is 2.22. The Balaban J connectivity index is 2.29. The molecule has 0 amide bonds. The summed E-state index contributed by atoms with van der Waals surface area (Å²) in [5.74, 6) is -2.15. The summed E-state index contributed by atoms with van der Waals surface area (Å²) in [7, 11) is 0. The highest BCUT2D eigenvalue weighted by molar-refractivity contribution is 5.75. The average molecular weight is 274 g/mol. The molecule has 0 bridgehead atoms. The SMILES string of the molecule is CCc1cc(C(Cc2cccc(F)c2)C(=O)O)ncn1. The molecular weight excluding hydrogens is 259 g/mol. The van der Waals surface area contributed by atoms with Crippen LogP contribution >= 0.6 is 0 Å². The minimum absolute atomic E-state index is 0.202. The van der Waals surface area contributed by atoms with Crippen molar-refractivity contribution in [2.24, 2.45) is 0 Å². The fraction of sp³-hybridized carbons (Fsp3) is 0.267. The second-order valence-electron chi connectivity index (χ2n) is 4.51. The zero-order valence-corrected chi connectivity index (χ0v) is 11.1. The summed E-state index contributed by atoms with van der Waals surface area (Å²) >= 11 is 0. The number of aliphatic carboxylic acids is 1. The van der Waals surface area contributed by atoms with Crippen LogP contribution in [0.1, 0.15) is 29.8 Å². The third-order valence-electron chi connectivity index (χ3n) is 3.09. The Morgan fingerprint density at radius 3 is 2.80 bits per heavy atom. The summed E-state index contributed by atoms with van der Waals surface area (Å²) in [5.41, 5.74) is 1.88. The Labute approximate surface area is 116 Å². The smallest absolute Gasteiger partial charge is 0.312 e. The van der Waals surface area contributed by atoms with E-state index in [1.165, 1.54) is 18.5 Å². The fourth-order valence-corrected chi connectivity index (χ4v) is 2.02. The zero-order valence-electron chi connectivity index (χ0n) is 11.1. The molecule has 4 nitrogen and oxygen atoms in total. The fourth-order valence-electron chi connectivity index (χ4n) is 2.02. The third-order valence-corrected chi connectivity index (χ3v) is 3.09. The van der Waals surface area contributed by atoms with Crippen LogP contribution in [0.25, 0.3) is 0 Å². The van der Waals surface area contributed by atoms with Gasteiger partial charge in [-0.25, -0.2) is 14.4 Å². The highest BCUT2D eigenvalue weighted by Crippen LogP contribution is 2.20. The van der Waals surface area contributed by atoms with Crippen molar-refractivity contribution < 1.29 is 14.3 Å². The lowest BCUT2D eigenvalue weighted by atomic mass is 9.95. The van der Waals surface area contributed by atoms with Gasteiger partial charge < -0.3 is 5.11 Å². The summed E-state index contributed by atoms with van der Waals surface area (Å²) in [6, 6.07) is 7.65. The van der Waals surface area contributed by atoms with E-state index in [1.54, 1.807) is 18.2 Å². The first-order valence-electron chi connectivity index (χ1n) is 6.38. The van der Waals surface area contributed by atoms with Crippen LogP contribution in [0.3, 0.4) is 0 Å². The molecule has 2 aromatic rings. The Kier molecular flexibility index (Phi) is 4.40. The zero-order chi connectivity index (χ0) is 14.5. The van der Waals surface area contributed by atoms with E-state index in [0.717, 1.165) is 5.69 Å². The Hall–Kier alpha value is -2.30. The van der Waals surface area contributed by atoms with Crippen molar-refractivity contribution in [1.29, 1.82) is 0 Å². The van der Waals surface area contributed by atoms with Gasteiger partial charge in [-0.05, 0) is 36.6 Å². The molecule has 20 heavy (non-hydrogen) atoms. The van der Waals surface area contributed by atoms with E-state index in [-0.39, 0.29) is 12.2 Å². The molecule has 1 heterocycles. The maximum absolute atomic E-state index is 13.2. The van der Waals surface area contributed by atoms with Gasteiger partial charge in [-0.2, -0.15) is 0 Å². The van der Waals surface area contributed by atoms with Crippen molar-refractivity contribution >= 4 is 5.97 Å².